The van der Waals surface area contributed by atoms with Gasteiger partial charge < -0.3 is 10.1 Å². The van der Waals surface area contributed by atoms with Crippen LogP contribution < -0.4 is 10.1 Å². The lowest BCUT2D eigenvalue weighted by Crippen LogP contribution is -2.22. The topological polar surface area (TPSA) is 81.9 Å². The fourth-order valence-corrected chi connectivity index (χ4v) is 3.16. The highest BCUT2D eigenvalue weighted by Gasteiger charge is 2.19. The van der Waals surface area contributed by atoms with E-state index in [0.29, 0.717) is 17.5 Å². The normalized spacial score (nSPS) is 11.8. The molecule has 1 N–H and O–H groups in total. The van der Waals surface area contributed by atoms with Crippen LogP contribution in [0.5, 0.6) is 5.75 Å². The van der Waals surface area contributed by atoms with Crippen molar-refractivity contribution in [3.8, 4) is 11.4 Å². The smallest absolute Gasteiger partial charge is 0.237 e. The first-order chi connectivity index (χ1) is 13.1. The number of hydrogen-bond donors (Lipinski definition) is 1. The second-order valence-corrected chi connectivity index (χ2v) is 7.22. The molecule has 1 unspecified atom stereocenters. The van der Waals surface area contributed by atoms with Gasteiger partial charge in [-0.25, -0.2) is 0 Å². The first kappa shape index (κ1) is 18.9. The molecule has 0 bridgehead atoms. The number of amides is 1. The molecule has 3 rings (SSSR count). The van der Waals surface area contributed by atoms with Crippen LogP contribution in [0.15, 0.2) is 53.7 Å². The number of thioether (sulfide) groups is 1. The Labute approximate surface area is 162 Å². The van der Waals surface area contributed by atoms with Crippen LogP contribution in [0.3, 0.4) is 0 Å². The molecule has 2 aromatic carbocycles. The van der Waals surface area contributed by atoms with Gasteiger partial charge in [-0.05, 0) is 67.6 Å². The third kappa shape index (κ3) is 4.85. The SMILES string of the molecule is CCOc1ccc(NC(=O)C(C)Sc2nnnn2-c2ccc(C)cc2)cc1. The number of benzene rings is 2. The van der Waals surface area contributed by atoms with E-state index in [2.05, 4.69) is 20.8 Å². The molecule has 0 fully saturated rings. The number of aromatic nitrogens is 4. The highest BCUT2D eigenvalue weighted by Crippen LogP contribution is 2.24. The lowest BCUT2D eigenvalue weighted by atomic mass is 10.2. The first-order valence-corrected chi connectivity index (χ1v) is 9.50. The monoisotopic (exact) mass is 383 g/mol. The lowest BCUT2D eigenvalue weighted by molar-refractivity contribution is -0.115. The predicted molar refractivity (Wildman–Crippen MR) is 105 cm³/mol. The summed E-state index contributed by atoms with van der Waals surface area (Å²) < 4.78 is 7.03. The molecule has 7 nitrogen and oxygen atoms in total. The van der Waals surface area contributed by atoms with Crippen molar-refractivity contribution in [2.75, 3.05) is 11.9 Å². The molecule has 0 radical (unpaired) electrons. The van der Waals surface area contributed by atoms with Crippen LogP contribution in [0, 0.1) is 6.92 Å². The van der Waals surface area contributed by atoms with Crippen molar-refractivity contribution in [2.45, 2.75) is 31.2 Å². The lowest BCUT2D eigenvalue weighted by Gasteiger charge is -2.12. The minimum Gasteiger partial charge on any atom is -0.494 e. The summed E-state index contributed by atoms with van der Waals surface area (Å²) in [5, 5.41) is 14.9. The molecule has 0 aliphatic rings. The molecule has 8 heteroatoms. The number of anilines is 1. The van der Waals surface area contributed by atoms with Gasteiger partial charge in [-0.2, -0.15) is 4.68 Å². The van der Waals surface area contributed by atoms with Gasteiger partial charge in [0.1, 0.15) is 5.75 Å². The highest BCUT2D eigenvalue weighted by molar-refractivity contribution is 8.00. The first-order valence-electron chi connectivity index (χ1n) is 8.62. The van der Waals surface area contributed by atoms with E-state index in [1.165, 1.54) is 11.8 Å². The summed E-state index contributed by atoms with van der Waals surface area (Å²) in [6.07, 6.45) is 0. The standard InChI is InChI=1S/C19H21N5O2S/c1-4-26-17-11-7-15(8-12-17)20-18(25)14(3)27-19-21-22-23-24(19)16-9-5-13(2)6-10-16/h5-12,14H,4H2,1-3H3,(H,20,25). The van der Waals surface area contributed by atoms with Crippen LogP contribution in [0.1, 0.15) is 19.4 Å². The van der Waals surface area contributed by atoms with Gasteiger partial charge in [0.25, 0.3) is 0 Å². The van der Waals surface area contributed by atoms with E-state index in [0.717, 1.165) is 17.0 Å². The average molecular weight is 383 g/mol. The van der Waals surface area contributed by atoms with E-state index in [4.69, 9.17) is 4.74 Å². The van der Waals surface area contributed by atoms with Crippen LogP contribution in [0.2, 0.25) is 0 Å². The molecule has 0 aliphatic heterocycles. The molecule has 3 aromatic rings. The number of tetrazole rings is 1. The van der Waals surface area contributed by atoms with Crippen molar-refractivity contribution < 1.29 is 9.53 Å². The maximum Gasteiger partial charge on any atom is 0.237 e. The van der Waals surface area contributed by atoms with E-state index in [9.17, 15) is 4.79 Å². The Morgan fingerprint density at radius 3 is 2.56 bits per heavy atom. The Morgan fingerprint density at radius 2 is 1.89 bits per heavy atom. The Kier molecular flexibility index (Phi) is 6.08. The molecule has 0 saturated carbocycles. The summed E-state index contributed by atoms with van der Waals surface area (Å²) in [7, 11) is 0. The van der Waals surface area contributed by atoms with Crippen LogP contribution >= 0.6 is 11.8 Å². The van der Waals surface area contributed by atoms with E-state index < -0.39 is 0 Å². The van der Waals surface area contributed by atoms with Gasteiger partial charge in [-0.15, -0.1) is 5.10 Å². The molecular formula is C19H21N5O2S. The van der Waals surface area contributed by atoms with Gasteiger partial charge in [0.15, 0.2) is 0 Å². The Balaban J connectivity index is 1.65. The summed E-state index contributed by atoms with van der Waals surface area (Å²) in [6, 6.07) is 15.2. The van der Waals surface area contributed by atoms with Gasteiger partial charge in [-0.1, -0.05) is 29.5 Å². The van der Waals surface area contributed by atoms with Crippen LogP contribution in [-0.2, 0) is 4.79 Å². The molecule has 1 atom stereocenters. The maximum atomic E-state index is 12.5. The van der Waals surface area contributed by atoms with Gasteiger partial charge in [0.2, 0.25) is 11.1 Å². The second kappa shape index (κ2) is 8.68. The number of aryl methyl sites for hydroxylation is 1. The van der Waals surface area contributed by atoms with Crippen LogP contribution in [0.25, 0.3) is 5.69 Å². The van der Waals surface area contributed by atoms with E-state index >= 15 is 0 Å². The molecule has 1 aromatic heterocycles. The van der Waals surface area contributed by atoms with Gasteiger partial charge in [-0.3, -0.25) is 4.79 Å². The molecule has 140 valence electrons. The van der Waals surface area contributed by atoms with Gasteiger partial charge in [0.05, 0.1) is 17.5 Å². The molecule has 27 heavy (non-hydrogen) atoms. The van der Waals surface area contributed by atoms with Crippen molar-refractivity contribution >= 4 is 23.4 Å². The summed E-state index contributed by atoms with van der Waals surface area (Å²) in [6.45, 7) is 6.38. The number of hydrogen-bond acceptors (Lipinski definition) is 6. The van der Waals surface area contributed by atoms with Gasteiger partial charge >= 0.3 is 0 Å². The zero-order valence-electron chi connectivity index (χ0n) is 15.4. The van der Waals surface area contributed by atoms with Crippen molar-refractivity contribution in [1.82, 2.24) is 20.2 Å². The number of nitrogens with zero attached hydrogens (tertiary/aromatic N) is 4. The predicted octanol–water partition coefficient (Wildman–Crippen LogP) is 3.49. The van der Waals surface area contributed by atoms with Crippen LogP contribution in [0.4, 0.5) is 5.69 Å². The molecular weight excluding hydrogens is 362 g/mol. The molecule has 1 amide bonds. The quantitative estimate of drug-likeness (QED) is 0.629. The Bertz CT molecular complexity index is 893. The summed E-state index contributed by atoms with van der Waals surface area (Å²) in [5.74, 6) is 0.651. The fourth-order valence-electron chi connectivity index (χ4n) is 2.36. The molecule has 1 heterocycles. The zero-order valence-corrected chi connectivity index (χ0v) is 16.2. The fraction of sp³-hybridized carbons (Fsp3) is 0.263. The van der Waals surface area contributed by atoms with Crippen molar-refractivity contribution in [2.24, 2.45) is 0 Å². The zero-order chi connectivity index (χ0) is 19.2. The van der Waals surface area contributed by atoms with Crippen LogP contribution in [-0.4, -0.2) is 38.0 Å². The molecule has 0 aliphatic carbocycles. The number of nitrogens with one attached hydrogen (secondary N) is 1. The molecule has 0 saturated heterocycles. The van der Waals surface area contributed by atoms with Crippen molar-refractivity contribution in [3.05, 3.63) is 54.1 Å². The van der Waals surface area contributed by atoms with E-state index in [1.807, 2.05) is 69.3 Å². The average Bonchev–Trinajstić information content (AvgIpc) is 3.12. The third-order valence-corrected chi connectivity index (χ3v) is 4.84. The summed E-state index contributed by atoms with van der Waals surface area (Å²) in [5.41, 5.74) is 2.73. The summed E-state index contributed by atoms with van der Waals surface area (Å²) in [4.78, 5) is 12.5. The maximum absolute atomic E-state index is 12.5. The summed E-state index contributed by atoms with van der Waals surface area (Å²) >= 11 is 1.30. The Morgan fingerprint density at radius 1 is 1.19 bits per heavy atom. The number of carbonyl (C=O) groups is 1. The molecule has 0 spiro atoms. The third-order valence-electron chi connectivity index (χ3n) is 3.80. The van der Waals surface area contributed by atoms with E-state index in [1.54, 1.807) is 4.68 Å². The van der Waals surface area contributed by atoms with Crippen molar-refractivity contribution in [1.29, 1.82) is 0 Å². The minimum absolute atomic E-state index is 0.123. The van der Waals surface area contributed by atoms with Crippen molar-refractivity contribution in [3.63, 3.8) is 0 Å². The highest BCUT2D eigenvalue weighted by atomic mass is 32.2. The second-order valence-electron chi connectivity index (χ2n) is 5.92. The number of ether oxygens (including phenoxy) is 1. The van der Waals surface area contributed by atoms with Gasteiger partial charge in [0, 0.05) is 5.69 Å². The largest absolute Gasteiger partial charge is 0.494 e. The Hall–Kier alpha value is -2.87. The number of carbonyl (C=O) groups excluding carboxylic acids is 1. The van der Waals surface area contributed by atoms with E-state index in [-0.39, 0.29) is 11.2 Å². The minimum atomic E-state index is -0.369. The number of rotatable bonds is 7.